The van der Waals surface area contributed by atoms with Crippen LogP contribution in [0.2, 0.25) is 0 Å². The van der Waals surface area contributed by atoms with E-state index in [0.29, 0.717) is 42.8 Å². The van der Waals surface area contributed by atoms with Crippen molar-refractivity contribution in [2.75, 3.05) is 20.3 Å². The fourth-order valence-corrected chi connectivity index (χ4v) is 3.20. The van der Waals surface area contributed by atoms with Crippen molar-refractivity contribution in [3.05, 3.63) is 46.5 Å². The highest BCUT2D eigenvalue weighted by molar-refractivity contribution is 5.57. The summed E-state index contributed by atoms with van der Waals surface area (Å²) >= 11 is 0. The second kappa shape index (κ2) is 8.67. The number of ether oxygens (including phenoxy) is 4. The third kappa shape index (κ3) is 3.62. The maximum Gasteiger partial charge on any atom is 0.244 e. The van der Waals surface area contributed by atoms with Crippen LogP contribution in [0.4, 0.5) is 0 Å². The zero-order chi connectivity index (χ0) is 20.1. The Labute approximate surface area is 163 Å². The van der Waals surface area contributed by atoms with Gasteiger partial charge < -0.3 is 24.7 Å². The number of nitrogens with two attached hydrogens (primary N) is 1. The molecule has 3 N–H and O–H groups in total. The Morgan fingerprint density at radius 3 is 2.79 bits per heavy atom. The van der Waals surface area contributed by atoms with Crippen molar-refractivity contribution in [2.24, 2.45) is 5.73 Å². The minimum absolute atomic E-state index is 0.0414. The number of benzene rings is 1. The minimum atomic E-state index is -0.447. The predicted molar refractivity (Wildman–Crippen MR) is 102 cm³/mol. The first-order valence-corrected chi connectivity index (χ1v) is 9.17. The van der Waals surface area contributed by atoms with E-state index in [-0.39, 0.29) is 5.88 Å². The van der Waals surface area contributed by atoms with Crippen LogP contribution < -0.4 is 19.9 Å². The maximum atomic E-state index is 9.73. The highest BCUT2D eigenvalue weighted by Crippen LogP contribution is 2.44. The van der Waals surface area contributed by atoms with Gasteiger partial charge in [0.1, 0.15) is 11.6 Å². The van der Waals surface area contributed by atoms with Gasteiger partial charge in [-0.05, 0) is 31.0 Å². The van der Waals surface area contributed by atoms with Gasteiger partial charge in [-0.3, -0.25) is 5.10 Å². The highest BCUT2D eigenvalue weighted by Gasteiger charge is 2.35. The summed E-state index contributed by atoms with van der Waals surface area (Å²) in [5.74, 6) is 1.23. The van der Waals surface area contributed by atoms with E-state index < -0.39 is 5.92 Å². The molecule has 1 aromatic heterocycles. The smallest absolute Gasteiger partial charge is 0.244 e. The van der Waals surface area contributed by atoms with Crippen LogP contribution in [0.25, 0.3) is 0 Å². The highest BCUT2D eigenvalue weighted by atomic mass is 16.5. The molecule has 0 spiro atoms. The summed E-state index contributed by atoms with van der Waals surface area (Å²) in [7, 11) is 1.59. The van der Waals surface area contributed by atoms with Crippen LogP contribution in [0.5, 0.6) is 17.4 Å². The molecule has 2 aromatic rings. The minimum Gasteiger partial charge on any atom is -0.490 e. The Morgan fingerprint density at radius 2 is 2.11 bits per heavy atom. The van der Waals surface area contributed by atoms with Gasteiger partial charge in [0.25, 0.3) is 0 Å². The van der Waals surface area contributed by atoms with Gasteiger partial charge in [-0.2, -0.15) is 5.26 Å². The first-order valence-electron chi connectivity index (χ1n) is 9.17. The predicted octanol–water partition coefficient (Wildman–Crippen LogP) is 2.96. The van der Waals surface area contributed by atoms with E-state index in [9.17, 15) is 5.26 Å². The lowest BCUT2D eigenvalue weighted by Gasteiger charge is -2.24. The Balaban J connectivity index is 2.12. The Hall–Kier alpha value is -3.18. The SMILES string of the molecule is CCCOc1ccc([C@H]2C(C#N)=C(N)Oc3n[nH]c(COC)c32)cc1OCC. The fourth-order valence-electron chi connectivity index (χ4n) is 3.20. The van der Waals surface area contributed by atoms with Crippen molar-refractivity contribution < 1.29 is 18.9 Å². The molecule has 0 saturated heterocycles. The average molecular weight is 384 g/mol. The van der Waals surface area contributed by atoms with Gasteiger partial charge in [-0.25, -0.2) is 0 Å². The van der Waals surface area contributed by atoms with Crippen molar-refractivity contribution in [2.45, 2.75) is 32.8 Å². The van der Waals surface area contributed by atoms with Crippen molar-refractivity contribution in [3.63, 3.8) is 0 Å². The number of aromatic nitrogens is 2. The number of methoxy groups -OCH3 is 1. The van der Waals surface area contributed by atoms with Crippen LogP contribution in [0.3, 0.4) is 0 Å². The summed E-state index contributed by atoms with van der Waals surface area (Å²) in [6.45, 7) is 5.35. The molecule has 0 saturated carbocycles. The summed E-state index contributed by atoms with van der Waals surface area (Å²) < 4.78 is 22.4. The molecule has 0 radical (unpaired) electrons. The molecule has 1 atom stereocenters. The summed E-state index contributed by atoms with van der Waals surface area (Å²) in [6, 6.07) is 7.81. The summed E-state index contributed by atoms with van der Waals surface area (Å²) in [4.78, 5) is 0. The van der Waals surface area contributed by atoms with E-state index >= 15 is 0 Å². The van der Waals surface area contributed by atoms with Gasteiger partial charge in [0.05, 0.1) is 37.0 Å². The number of aromatic amines is 1. The second-order valence-corrected chi connectivity index (χ2v) is 6.27. The molecule has 28 heavy (non-hydrogen) atoms. The zero-order valence-electron chi connectivity index (χ0n) is 16.2. The molecule has 0 amide bonds. The number of H-pyrrole nitrogens is 1. The average Bonchev–Trinajstić information content (AvgIpc) is 3.08. The topological polar surface area (TPSA) is 115 Å². The van der Waals surface area contributed by atoms with Crippen molar-refractivity contribution >= 4 is 0 Å². The molecule has 3 rings (SSSR count). The Kier molecular flexibility index (Phi) is 6.06. The first-order chi connectivity index (χ1) is 13.6. The van der Waals surface area contributed by atoms with Crippen LogP contribution in [-0.2, 0) is 11.3 Å². The van der Waals surface area contributed by atoms with Crippen LogP contribution in [0, 0.1) is 11.3 Å². The normalized spacial score (nSPS) is 15.6. The summed E-state index contributed by atoms with van der Waals surface area (Å²) in [5.41, 5.74) is 8.61. The van der Waals surface area contributed by atoms with Crippen molar-refractivity contribution in [1.29, 1.82) is 5.26 Å². The summed E-state index contributed by atoms with van der Waals surface area (Å²) in [5, 5.41) is 16.8. The van der Waals surface area contributed by atoms with Gasteiger partial charge in [0, 0.05) is 7.11 Å². The molecule has 0 bridgehead atoms. The lowest BCUT2D eigenvalue weighted by atomic mass is 9.84. The molecule has 1 aliphatic heterocycles. The van der Waals surface area contributed by atoms with Gasteiger partial charge in [-0.1, -0.05) is 13.0 Å². The molecule has 0 unspecified atom stereocenters. The van der Waals surface area contributed by atoms with Gasteiger partial charge in [0.2, 0.25) is 11.8 Å². The molecule has 148 valence electrons. The number of nitrogens with one attached hydrogen (secondary N) is 1. The molecule has 0 fully saturated rings. The third-order valence-electron chi connectivity index (χ3n) is 4.37. The van der Waals surface area contributed by atoms with E-state index in [1.165, 1.54) is 0 Å². The second-order valence-electron chi connectivity index (χ2n) is 6.27. The van der Waals surface area contributed by atoms with Gasteiger partial charge >= 0.3 is 0 Å². The number of nitriles is 1. The lowest BCUT2D eigenvalue weighted by molar-refractivity contribution is 0.180. The summed E-state index contributed by atoms with van der Waals surface area (Å²) in [6.07, 6.45) is 0.893. The third-order valence-corrected chi connectivity index (χ3v) is 4.37. The number of rotatable bonds is 8. The fraction of sp³-hybridized carbons (Fsp3) is 0.400. The Morgan fingerprint density at radius 1 is 1.29 bits per heavy atom. The molecular weight excluding hydrogens is 360 g/mol. The van der Waals surface area contributed by atoms with Crippen LogP contribution in [0.1, 0.15) is 43.0 Å². The molecule has 1 aliphatic rings. The van der Waals surface area contributed by atoms with E-state index in [2.05, 4.69) is 16.3 Å². The van der Waals surface area contributed by atoms with E-state index in [1.54, 1.807) is 7.11 Å². The van der Waals surface area contributed by atoms with E-state index in [4.69, 9.17) is 24.7 Å². The van der Waals surface area contributed by atoms with E-state index in [0.717, 1.165) is 23.2 Å². The van der Waals surface area contributed by atoms with Crippen LogP contribution in [0.15, 0.2) is 29.7 Å². The number of hydrogen-bond acceptors (Lipinski definition) is 7. The number of hydrogen-bond donors (Lipinski definition) is 2. The maximum absolute atomic E-state index is 9.73. The first kappa shape index (κ1) is 19.6. The Bertz CT molecular complexity index is 913. The van der Waals surface area contributed by atoms with Crippen LogP contribution >= 0.6 is 0 Å². The largest absolute Gasteiger partial charge is 0.490 e. The standard InChI is InChI=1S/C20H24N4O4/c1-4-8-27-15-7-6-12(9-16(15)26-5-2)17-13(10-21)19(22)28-20-18(17)14(11-25-3)23-24-20/h6-7,9,17H,4-5,8,11,22H2,1-3H3,(H,23,24)/t17-/m0/s1. The van der Waals surface area contributed by atoms with Crippen LogP contribution in [-0.4, -0.2) is 30.5 Å². The number of allylic oxidation sites excluding steroid dienone is 1. The van der Waals surface area contributed by atoms with Gasteiger partial charge in [-0.15, -0.1) is 5.10 Å². The monoisotopic (exact) mass is 384 g/mol. The van der Waals surface area contributed by atoms with E-state index in [1.807, 2.05) is 32.0 Å². The molecule has 0 aliphatic carbocycles. The molecule has 2 heterocycles. The van der Waals surface area contributed by atoms with Gasteiger partial charge in [0.15, 0.2) is 11.5 Å². The number of fused-ring (bicyclic) bond motifs is 1. The number of nitrogens with zero attached hydrogens (tertiary/aromatic N) is 2. The van der Waals surface area contributed by atoms with Crippen molar-refractivity contribution in [3.8, 4) is 23.4 Å². The zero-order valence-corrected chi connectivity index (χ0v) is 16.2. The molecule has 1 aromatic carbocycles. The molecule has 8 heteroatoms. The van der Waals surface area contributed by atoms with Crippen molar-refractivity contribution in [1.82, 2.24) is 10.2 Å². The lowest BCUT2D eigenvalue weighted by Crippen LogP contribution is -2.21. The molecular formula is C20H24N4O4. The quantitative estimate of drug-likeness (QED) is 0.719. The molecule has 8 nitrogen and oxygen atoms in total.